The van der Waals surface area contributed by atoms with E-state index in [1.165, 1.54) is 12.1 Å². The number of rotatable bonds is 3. The van der Waals surface area contributed by atoms with Crippen molar-refractivity contribution >= 4 is 44.8 Å². The van der Waals surface area contributed by atoms with Crippen molar-refractivity contribution in [3.63, 3.8) is 0 Å². The minimum atomic E-state index is -0.771. The Bertz CT molecular complexity index is 719. The fourth-order valence-corrected chi connectivity index (χ4v) is 2.50. The third-order valence-electron chi connectivity index (χ3n) is 2.53. The van der Waals surface area contributed by atoms with Crippen molar-refractivity contribution in [3.8, 4) is 0 Å². The first-order valence-corrected chi connectivity index (χ1v) is 6.75. The molecule has 0 aliphatic rings. The highest BCUT2D eigenvalue weighted by Crippen LogP contribution is 2.26. The van der Waals surface area contributed by atoms with E-state index in [-0.39, 0.29) is 11.3 Å². The van der Waals surface area contributed by atoms with Crippen molar-refractivity contribution in [2.75, 3.05) is 5.32 Å². The number of benzene rings is 2. The standard InChI is InChI=1S/C13H7BrClFN2O3/c14-8-3-7(4-9(15)5-8)13(19)17-11-2-1-10(16)6-12(11)18(20)21/h1-6H,(H,17,19). The van der Waals surface area contributed by atoms with Gasteiger partial charge in [-0.25, -0.2) is 4.39 Å². The molecule has 0 aliphatic carbocycles. The zero-order valence-corrected chi connectivity index (χ0v) is 12.6. The lowest BCUT2D eigenvalue weighted by Gasteiger charge is -2.07. The number of hydrogen-bond donors (Lipinski definition) is 1. The summed E-state index contributed by atoms with van der Waals surface area (Å²) < 4.78 is 13.6. The summed E-state index contributed by atoms with van der Waals surface area (Å²) in [6.07, 6.45) is 0. The predicted molar refractivity (Wildman–Crippen MR) is 80.2 cm³/mol. The van der Waals surface area contributed by atoms with E-state index >= 15 is 0 Å². The highest BCUT2D eigenvalue weighted by atomic mass is 79.9. The van der Waals surface area contributed by atoms with Gasteiger partial charge in [0.05, 0.1) is 11.0 Å². The molecule has 21 heavy (non-hydrogen) atoms. The van der Waals surface area contributed by atoms with Crippen molar-refractivity contribution in [3.05, 3.63) is 67.4 Å². The second-order valence-electron chi connectivity index (χ2n) is 4.03. The zero-order valence-electron chi connectivity index (χ0n) is 10.3. The Kier molecular flexibility index (Phi) is 4.54. The summed E-state index contributed by atoms with van der Waals surface area (Å²) >= 11 is 9.02. The van der Waals surface area contributed by atoms with Crippen molar-refractivity contribution in [2.24, 2.45) is 0 Å². The molecule has 8 heteroatoms. The number of carbonyl (C=O) groups excluding carboxylic acids is 1. The molecule has 1 amide bonds. The Hall–Kier alpha value is -1.99. The van der Waals surface area contributed by atoms with Crippen LogP contribution in [0.4, 0.5) is 15.8 Å². The maximum Gasteiger partial charge on any atom is 0.295 e. The Labute approximate surface area is 132 Å². The number of nitro groups is 1. The van der Waals surface area contributed by atoms with Crippen LogP contribution in [-0.4, -0.2) is 10.8 Å². The molecule has 0 bridgehead atoms. The van der Waals surface area contributed by atoms with Gasteiger partial charge in [-0.3, -0.25) is 14.9 Å². The third-order valence-corrected chi connectivity index (χ3v) is 3.21. The van der Waals surface area contributed by atoms with E-state index in [1.807, 2.05) is 0 Å². The van der Waals surface area contributed by atoms with Crippen LogP contribution in [0, 0.1) is 15.9 Å². The van der Waals surface area contributed by atoms with Crippen molar-refractivity contribution in [1.82, 2.24) is 0 Å². The SMILES string of the molecule is O=C(Nc1ccc(F)cc1[N+](=O)[O-])c1cc(Cl)cc(Br)c1. The van der Waals surface area contributed by atoms with Crippen LogP contribution in [0.3, 0.4) is 0 Å². The van der Waals surface area contributed by atoms with Gasteiger partial charge in [-0.1, -0.05) is 27.5 Å². The van der Waals surface area contributed by atoms with E-state index in [0.717, 1.165) is 18.2 Å². The molecule has 0 radical (unpaired) electrons. The van der Waals surface area contributed by atoms with Gasteiger partial charge in [0.25, 0.3) is 11.6 Å². The molecular weight excluding hydrogens is 367 g/mol. The van der Waals surface area contributed by atoms with E-state index in [0.29, 0.717) is 9.50 Å². The van der Waals surface area contributed by atoms with Gasteiger partial charge < -0.3 is 5.32 Å². The van der Waals surface area contributed by atoms with Crippen LogP contribution in [0.1, 0.15) is 10.4 Å². The van der Waals surface area contributed by atoms with E-state index in [1.54, 1.807) is 6.07 Å². The summed E-state index contributed by atoms with van der Waals surface area (Å²) in [5, 5.41) is 13.6. The highest BCUT2D eigenvalue weighted by Gasteiger charge is 2.18. The summed E-state index contributed by atoms with van der Waals surface area (Å²) in [5.74, 6) is -1.35. The van der Waals surface area contributed by atoms with Crippen molar-refractivity contribution in [1.29, 1.82) is 0 Å². The van der Waals surface area contributed by atoms with Crippen LogP contribution in [0.25, 0.3) is 0 Å². The first-order chi connectivity index (χ1) is 9.86. The lowest BCUT2D eigenvalue weighted by Crippen LogP contribution is -2.13. The van der Waals surface area contributed by atoms with E-state index in [2.05, 4.69) is 21.2 Å². The largest absolute Gasteiger partial charge is 0.316 e. The molecule has 0 aliphatic heterocycles. The second kappa shape index (κ2) is 6.19. The average Bonchev–Trinajstić information content (AvgIpc) is 2.39. The van der Waals surface area contributed by atoms with Crippen LogP contribution in [0.5, 0.6) is 0 Å². The molecular formula is C13H7BrClFN2O3. The molecule has 5 nitrogen and oxygen atoms in total. The molecule has 0 fully saturated rings. The lowest BCUT2D eigenvalue weighted by molar-refractivity contribution is -0.384. The van der Waals surface area contributed by atoms with Gasteiger partial charge in [0, 0.05) is 15.1 Å². The van der Waals surface area contributed by atoms with Gasteiger partial charge in [-0.2, -0.15) is 0 Å². The van der Waals surface area contributed by atoms with Gasteiger partial charge in [0.1, 0.15) is 11.5 Å². The fourth-order valence-electron chi connectivity index (χ4n) is 1.64. The molecule has 0 saturated heterocycles. The predicted octanol–water partition coefficient (Wildman–Crippen LogP) is 4.40. The molecule has 108 valence electrons. The number of nitro benzene ring substituents is 1. The molecule has 0 unspecified atom stereocenters. The molecule has 2 rings (SSSR count). The number of amides is 1. The van der Waals surface area contributed by atoms with Crippen LogP contribution < -0.4 is 5.32 Å². The van der Waals surface area contributed by atoms with E-state index in [9.17, 15) is 19.3 Å². The van der Waals surface area contributed by atoms with Gasteiger partial charge in [0.2, 0.25) is 0 Å². The number of hydrogen-bond acceptors (Lipinski definition) is 3. The number of carbonyl (C=O) groups is 1. The van der Waals surface area contributed by atoms with Crippen molar-refractivity contribution in [2.45, 2.75) is 0 Å². The van der Waals surface area contributed by atoms with Gasteiger partial charge in [0.15, 0.2) is 0 Å². The first-order valence-electron chi connectivity index (χ1n) is 5.58. The quantitative estimate of drug-likeness (QED) is 0.640. The topological polar surface area (TPSA) is 72.2 Å². The molecule has 0 atom stereocenters. The third kappa shape index (κ3) is 3.77. The van der Waals surface area contributed by atoms with Crippen LogP contribution >= 0.6 is 27.5 Å². The maximum absolute atomic E-state index is 13.0. The molecule has 0 saturated carbocycles. The Morgan fingerprint density at radius 1 is 1.29 bits per heavy atom. The summed E-state index contributed by atoms with van der Waals surface area (Å²) in [6.45, 7) is 0. The van der Waals surface area contributed by atoms with Crippen LogP contribution in [-0.2, 0) is 0 Å². The van der Waals surface area contributed by atoms with Crippen molar-refractivity contribution < 1.29 is 14.1 Å². The van der Waals surface area contributed by atoms with E-state index < -0.39 is 22.3 Å². The molecule has 2 aromatic carbocycles. The molecule has 1 N–H and O–H groups in total. The monoisotopic (exact) mass is 372 g/mol. The van der Waals surface area contributed by atoms with Gasteiger partial charge in [-0.05, 0) is 30.3 Å². The van der Waals surface area contributed by atoms with E-state index in [4.69, 9.17) is 11.6 Å². The molecule has 0 heterocycles. The van der Waals surface area contributed by atoms with Gasteiger partial charge >= 0.3 is 0 Å². The second-order valence-corrected chi connectivity index (χ2v) is 5.38. The van der Waals surface area contributed by atoms with Crippen LogP contribution in [0.15, 0.2) is 40.9 Å². The Morgan fingerprint density at radius 3 is 2.62 bits per heavy atom. The Balaban J connectivity index is 2.33. The minimum Gasteiger partial charge on any atom is -0.316 e. The summed E-state index contributed by atoms with van der Waals surface area (Å²) in [6, 6.07) is 7.41. The minimum absolute atomic E-state index is 0.0949. The summed E-state index contributed by atoms with van der Waals surface area (Å²) in [7, 11) is 0. The van der Waals surface area contributed by atoms with Crippen LogP contribution in [0.2, 0.25) is 5.02 Å². The average molecular weight is 374 g/mol. The highest BCUT2D eigenvalue weighted by molar-refractivity contribution is 9.10. The maximum atomic E-state index is 13.0. The normalized spacial score (nSPS) is 10.2. The van der Waals surface area contributed by atoms with Gasteiger partial charge in [-0.15, -0.1) is 0 Å². The smallest absolute Gasteiger partial charge is 0.295 e. The molecule has 2 aromatic rings. The Morgan fingerprint density at radius 2 is 2.00 bits per heavy atom. The number of halogens is 3. The first kappa shape index (κ1) is 15.4. The summed E-state index contributed by atoms with van der Waals surface area (Å²) in [5.41, 5.74) is -0.403. The molecule has 0 spiro atoms. The number of nitrogens with zero attached hydrogens (tertiary/aromatic N) is 1. The number of anilines is 1. The zero-order chi connectivity index (χ0) is 15.6. The fraction of sp³-hybridized carbons (Fsp3) is 0. The summed E-state index contributed by atoms with van der Waals surface area (Å²) in [4.78, 5) is 22.2. The number of nitrogens with one attached hydrogen (secondary N) is 1. The lowest BCUT2D eigenvalue weighted by atomic mass is 10.2. The molecule has 0 aromatic heterocycles.